The molecule has 1 saturated carbocycles. The Bertz CT molecular complexity index is 446. The number of nitrogens with one attached hydrogen (secondary N) is 1. The van der Waals surface area contributed by atoms with E-state index in [0.717, 1.165) is 6.54 Å². The minimum Gasteiger partial charge on any atom is -0.386 e. The fraction of sp³-hybridized carbons (Fsp3) is 0.500. The Balaban J connectivity index is 1.81. The monoisotopic (exact) mass is 265 g/mol. The molecule has 0 aromatic heterocycles. The smallest absolute Gasteiger partial charge is 0.188 e. The van der Waals surface area contributed by atoms with Crippen molar-refractivity contribution in [2.24, 2.45) is 16.6 Å². The number of aliphatic imine (C=N–C) groups is 1. The van der Waals surface area contributed by atoms with Crippen molar-refractivity contribution in [1.82, 2.24) is 5.32 Å². The molecule has 0 spiro atoms. The molecule has 1 aliphatic carbocycles. The molecule has 1 aromatic rings. The molecule has 0 radical (unpaired) electrons. The molecule has 19 heavy (non-hydrogen) atoms. The molecule has 0 heterocycles. The number of aliphatic hydroxyl groups excluding tert-OH is 1. The summed E-state index contributed by atoms with van der Waals surface area (Å²) in [6, 6.07) is 6.14. The number of halogens is 1. The molecule has 0 aliphatic heterocycles. The first-order chi connectivity index (χ1) is 9.16. The van der Waals surface area contributed by atoms with Crippen molar-refractivity contribution in [1.29, 1.82) is 0 Å². The van der Waals surface area contributed by atoms with Crippen molar-refractivity contribution < 1.29 is 9.50 Å². The van der Waals surface area contributed by atoms with Crippen LogP contribution in [0.15, 0.2) is 29.3 Å². The van der Waals surface area contributed by atoms with Gasteiger partial charge >= 0.3 is 0 Å². The molecule has 1 fully saturated rings. The number of hydrogen-bond donors (Lipinski definition) is 3. The zero-order valence-electron chi connectivity index (χ0n) is 10.8. The Morgan fingerprint density at radius 2 is 2.21 bits per heavy atom. The molecule has 1 aliphatic rings. The van der Waals surface area contributed by atoms with Crippen LogP contribution >= 0.6 is 0 Å². The van der Waals surface area contributed by atoms with Crippen molar-refractivity contribution >= 4 is 5.96 Å². The van der Waals surface area contributed by atoms with Crippen LogP contribution < -0.4 is 11.1 Å². The van der Waals surface area contributed by atoms with Crippen molar-refractivity contribution in [3.05, 3.63) is 35.6 Å². The van der Waals surface area contributed by atoms with Crippen molar-refractivity contribution in [2.45, 2.75) is 25.4 Å². The topological polar surface area (TPSA) is 70.6 Å². The Morgan fingerprint density at radius 3 is 2.84 bits per heavy atom. The van der Waals surface area contributed by atoms with Crippen molar-refractivity contribution in [2.75, 3.05) is 13.1 Å². The quantitative estimate of drug-likeness (QED) is 0.559. The summed E-state index contributed by atoms with van der Waals surface area (Å²) < 4.78 is 13.4. The summed E-state index contributed by atoms with van der Waals surface area (Å²) in [5, 5.41) is 12.9. The van der Waals surface area contributed by atoms with E-state index in [0.29, 0.717) is 11.9 Å². The highest BCUT2D eigenvalue weighted by atomic mass is 19.1. The molecule has 5 heteroatoms. The van der Waals surface area contributed by atoms with Crippen LogP contribution in [0, 0.1) is 11.7 Å². The highest BCUT2D eigenvalue weighted by molar-refractivity contribution is 5.77. The minimum absolute atomic E-state index is 0.0600. The van der Waals surface area contributed by atoms with Crippen LogP contribution in [0.1, 0.15) is 30.9 Å². The maximum Gasteiger partial charge on any atom is 0.188 e. The zero-order chi connectivity index (χ0) is 13.7. The number of nitrogens with zero attached hydrogens (tertiary/aromatic N) is 1. The summed E-state index contributed by atoms with van der Waals surface area (Å²) >= 11 is 0. The third kappa shape index (κ3) is 3.92. The molecular formula is C14H20FN3O. The van der Waals surface area contributed by atoms with Crippen LogP contribution in [0.5, 0.6) is 0 Å². The number of hydrogen-bond acceptors (Lipinski definition) is 2. The van der Waals surface area contributed by atoms with Crippen LogP contribution in [0.3, 0.4) is 0 Å². The average molecular weight is 265 g/mol. The van der Waals surface area contributed by atoms with E-state index in [4.69, 9.17) is 5.73 Å². The van der Waals surface area contributed by atoms with Crippen LogP contribution in [0.2, 0.25) is 0 Å². The molecule has 1 unspecified atom stereocenters. The molecule has 4 nitrogen and oxygen atoms in total. The van der Waals surface area contributed by atoms with E-state index in [9.17, 15) is 9.50 Å². The van der Waals surface area contributed by atoms with Crippen LogP contribution in [-0.2, 0) is 0 Å². The van der Waals surface area contributed by atoms with Gasteiger partial charge in [0, 0.05) is 12.1 Å². The predicted octanol–water partition coefficient (Wildman–Crippen LogP) is 1.56. The number of aliphatic hydroxyl groups is 1. The van der Waals surface area contributed by atoms with Gasteiger partial charge in [-0.15, -0.1) is 0 Å². The predicted molar refractivity (Wildman–Crippen MR) is 73.2 cm³/mol. The summed E-state index contributed by atoms with van der Waals surface area (Å²) in [5.41, 5.74) is 5.95. The third-order valence-corrected chi connectivity index (χ3v) is 3.50. The summed E-state index contributed by atoms with van der Waals surface area (Å²) in [6.07, 6.45) is 2.79. The third-order valence-electron chi connectivity index (χ3n) is 3.50. The molecule has 2 rings (SSSR count). The second kappa shape index (κ2) is 6.52. The van der Waals surface area contributed by atoms with Gasteiger partial charge in [-0.1, -0.05) is 24.6 Å². The van der Waals surface area contributed by atoms with E-state index >= 15 is 0 Å². The maximum atomic E-state index is 13.4. The number of guanidine groups is 1. The summed E-state index contributed by atoms with van der Waals surface area (Å²) in [7, 11) is 0. The van der Waals surface area contributed by atoms with Gasteiger partial charge < -0.3 is 16.2 Å². The fourth-order valence-corrected chi connectivity index (χ4v) is 2.03. The Kier molecular flexibility index (Phi) is 4.74. The van der Waals surface area contributed by atoms with Gasteiger partial charge in [-0.2, -0.15) is 0 Å². The van der Waals surface area contributed by atoms with E-state index in [2.05, 4.69) is 10.3 Å². The molecule has 104 valence electrons. The van der Waals surface area contributed by atoms with E-state index in [1.54, 1.807) is 18.2 Å². The SMILES string of the molecule is NC(=NCC(O)c1ccccc1F)NCC1CCC1. The standard InChI is InChI=1S/C14H20FN3O/c15-12-7-2-1-6-11(12)13(19)9-18-14(16)17-8-10-4-3-5-10/h1-2,6-7,10,13,19H,3-5,8-9H2,(H3,16,17,18). The molecule has 4 N–H and O–H groups in total. The van der Waals surface area contributed by atoms with Crippen LogP contribution in [-0.4, -0.2) is 24.2 Å². The van der Waals surface area contributed by atoms with Crippen LogP contribution in [0.25, 0.3) is 0 Å². The maximum absolute atomic E-state index is 13.4. The van der Waals surface area contributed by atoms with Crippen molar-refractivity contribution in [3.63, 3.8) is 0 Å². The molecule has 0 saturated heterocycles. The highest BCUT2D eigenvalue weighted by Crippen LogP contribution is 2.25. The van der Waals surface area contributed by atoms with Crippen LogP contribution in [0.4, 0.5) is 4.39 Å². The number of nitrogens with two attached hydrogens (primary N) is 1. The summed E-state index contributed by atoms with van der Waals surface area (Å²) in [6.45, 7) is 0.884. The van der Waals surface area contributed by atoms with Gasteiger partial charge in [0.15, 0.2) is 5.96 Å². The lowest BCUT2D eigenvalue weighted by molar-refractivity contribution is 0.182. The molecule has 0 amide bonds. The van der Waals surface area contributed by atoms with E-state index in [1.807, 2.05) is 0 Å². The molecule has 0 bridgehead atoms. The van der Waals surface area contributed by atoms with Gasteiger partial charge in [0.05, 0.1) is 6.54 Å². The molecular weight excluding hydrogens is 245 g/mol. The Morgan fingerprint density at radius 1 is 1.47 bits per heavy atom. The second-order valence-corrected chi connectivity index (χ2v) is 4.94. The Labute approximate surface area is 112 Å². The first-order valence-corrected chi connectivity index (χ1v) is 6.63. The summed E-state index contributed by atoms with van der Waals surface area (Å²) in [5.74, 6) is 0.568. The summed E-state index contributed by atoms with van der Waals surface area (Å²) in [4.78, 5) is 4.04. The number of benzene rings is 1. The van der Waals surface area contributed by atoms with Gasteiger partial charge in [-0.25, -0.2) is 4.39 Å². The van der Waals surface area contributed by atoms with Gasteiger partial charge in [-0.3, -0.25) is 4.99 Å². The lowest BCUT2D eigenvalue weighted by atomic mass is 9.85. The van der Waals surface area contributed by atoms with E-state index in [-0.39, 0.29) is 12.1 Å². The lowest BCUT2D eigenvalue weighted by Crippen LogP contribution is -2.37. The molecule has 1 atom stereocenters. The number of rotatable bonds is 5. The van der Waals surface area contributed by atoms with Gasteiger partial charge in [0.1, 0.15) is 11.9 Å². The largest absolute Gasteiger partial charge is 0.386 e. The normalized spacial score (nSPS) is 17.9. The highest BCUT2D eigenvalue weighted by Gasteiger charge is 2.17. The Hall–Kier alpha value is -1.62. The van der Waals surface area contributed by atoms with E-state index in [1.165, 1.54) is 25.3 Å². The molecule has 1 aromatic carbocycles. The van der Waals surface area contributed by atoms with Gasteiger partial charge in [0.25, 0.3) is 0 Å². The average Bonchev–Trinajstić information content (AvgIpc) is 2.34. The first kappa shape index (κ1) is 13.8. The minimum atomic E-state index is -0.967. The second-order valence-electron chi connectivity index (χ2n) is 4.94. The van der Waals surface area contributed by atoms with Crippen molar-refractivity contribution in [3.8, 4) is 0 Å². The van der Waals surface area contributed by atoms with Gasteiger partial charge in [-0.05, 0) is 24.8 Å². The first-order valence-electron chi connectivity index (χ1n) is 6.63. The van der Waals surface area contributed by atoms with E-state index < -0.39 is 11.9 Å². The fourth-order valence-electron chi connectivity index (χ4n) is 2.03. The van der Waals surface area contributed by atoms with Gasteiger partial charge in [0.2, 0.25) is 0 Å². The lowest BCUT2D eigenvalue weighted by Gasteiger charge is -2.25. The zero-order valence-corrected chi connectivity index (χ0v) is 10.8.